The molecule has 2 rings (SSSR count). The zero-order chi connectivity index (χ0) is 13.7. The highest BCUT2D eigenvalue weighted by atomic mass is 35.5. The third-order valence-electron chi connectivity index (χ3n) is 3.62. The molecule has 0 radical (unpaired) electrons. The number of halogens is 2. The molecular formula is C15H24Cl2N2O2. The minimum atomic E-state index is -0.0634. The number of phenols is 2. The van der Waals surface area contributed by atoms with Crippen molar-refractivity contribution in [3.05, 3.63) is 36.4 Å². The second-order valence-electron chi connectivity index (χ2n) is 4.92. The molecule has 1 aliphatic heterocycles. The largest absolute Gasteiger partial charge is 0.504 e. The molecule has 0 aliphatic carbocycles. The van der Waals surface area contributed by atoms with Gasteiger partial charge in [-0.2, -0.15) is 0 Å². The first kappa shape index (κ1) is 20.1. The number of allylic oxidation sites excluding steroid dienone is 1. The second-order valence-corrected chi connectivity index (χ2v) is 4.92. The van der Waals surface area contributed by atoms with Crippen LogP contribution < -0.4 is 5.32 Å². The molecule has 3 N–H and O–H groups in total. The molecular weight excluding hydrogens is 311 g/mol. The zero-order valence-corrected chi connectivity index (χ0v) is 13.6. The summed E-state index contributed by atoms with van der Waals surface area (Å²) >= 11 is 0. The van der Waals surface area contributed by atoms with Gasteiger partial charge in [0.15, 0.2) is 11.5 Å². The minimum Gasteiger partial charge on any atom is -0.504 e. The molecule has 1 fully saturated rings. The first-order valence-electron chi connectivity index (χ1n) is 6.80. The summed E-state index contributed by atoms with van der Waals surface area (Å²) in [6.45, 7) is 7.78. The summed E-state index contributed by atoms with van der Waals surface area (Å²) in [7, 11) is 0. The van der Waals surface area contributed by atoms with Gasteiger partial charge in [0.05, 0.1) is 0 Å². The standard InChI is InChI=1S/C15H22N2O2.2ClH/c1-2-3-4-13(17-9-7-16-8-10-17)12-5-6-14(18)15(19)11-12;;/h2,5-6,11,13,16,18-19H,1,3-4,7-10H2;2*1H/t13-;;/m0../s1. The van der Waals surface area contributed by atoms with Crippen molar-refractivity contribution in [3.8, 4) is 11.5 Å². The number of hydrogen-bond acceptors (Lipinski definition) is 4. The Morgan fingerprint density at radius 1 is 1.19 bits per heavy atom. The van der Waals surface area contributed by atoms with Crippen LogP contribution in [-0.4, -0.2) is 41.3 Å². The van der Waals surface area contributed by atoms with E-state index in [0.29, 0.717) is 0 Å². The summed E-state index contributed by atoms with van der Waals surface area (Å²) in [6, 6.07) is 5.40. The summed E-state index contributed by atoms with van der Waals surface area (Å²) in [4.78, 5) is 2.42. The monoisotopic (exact) mass is 334 g/mol. The number of benzene rings is 1. The third-order valence-corrected chi connectivity index (χ3v) is 3.62. The Hall–Kier alpha value is -0.940. The third kappa shape index (κ3) is 5.40. The quantitative estimate of drug-likeness (QED) is 0.572. The molecule has 1 aromatic rings. The molecule has 0 saturated carbocycles. The van der Waals surface area contributed by atoms with Crippen LogP contribution in [0.5, 0.6) is 11.5 Å². The number of aromatic hydroxyl groups is 2. The van der Waals surface area contributed by atoms with Gasteiger partial charge in [-0.25, -0.2) is 0 Å². The molecule has 0 spiro atoms. The Kier molecular flexibility index (Phi) is 9.46. The van der Waals surface area contributed by atoms with Crippen molar-refractivity contribution in [2.75, 3.05) is 26.2 Å². The van der Waals surface area contributed by atoms with E-state index in [0.717, 1.165) is 44.6 Å². The van der Waals surface area contributed by atoms with Crippen molar-refractivity contribution < 1.29 is 10.2 Å². The fourth-order valence-electron chi connectivity index (χ4n) is 2.58. The predicted octanol–water partition coefficient (Wildman–Crippen LogP) is 2.85. The molecule has 21 heavy (non-hydrogen) atoms. The fraction of sp³-hybridized carbons (Fsp3) is 0.467. The van der Waals surface area contributed by atoms with Crippen LogP contribution in [0.1, 0.15) is 24.4 Å². The summed E-state index contributed by atoms with van der Waals surface area (Å²) in [5.41, 5.74) is 1.05. The van der Waals surface area contributed by atoms with Crippen LogP contribution in [0, 0.1) is 0 Å². The Labute approximate surface area is 138 Å². The van der Waals surface area contributed by atoms with E-state index in [1.54, 1.807) is 12.1 Å². The highest BCUT2D eigenvalue weighted by Gasteiger charge is 2.22. The number of nitrogens with zero attached hydrogens (tertiary/aromatic N) is 1. The van der Waals surface area contributed by atoms with E-state index in [-0.39, 0.29) is 42.4 Å². The van der Waals surface area contributed by atoms with Crippen molar-refractivity contribution in [2.24, 2.45) is 0 Å². The number of hydrogen-bond donors (Lipinski definition) is 3. The topological polar surface area (TPSA) is 55.7 Å². The number of rotatable bonds is 5. The van der Waals surface area contributed by atoms with Gasteiger partial charge in [-0.15, -0.1) is 31.4 Å². The van der Waals surface area contributed by atoms with Gasteiger partial charge < -0.3 is 15.5 Å². The number of nitrogens with one attached hydrogen (secondary N) is 1. The lowest BCUT2D eigenvalue weighted by atomic mass is 9.99. The number of phenolic OH excluding ortho intramolecular Hbond substituents is 2. The second kappa shape index (κ2) is 9.90. The minimum absolute atomic E-state index is 0. The van der Waals surface area contributed by atoms with E-state index >= 15 is 0 Å². The summed E-state index contributed by atoms with van der Waals surface area (Å²) in [5.74, 6) is -0.109. The highest BCUT2D eigenvalue weighted by Crippen LogP contribution is 2.32. The van der Waals surface area contributed by atoms with Crippen LogP contribution >= 0.6 is 24.8 Å². The van der Waals surface area contributed by atoms with Gasteiger partial charge in [0.2, 0.25) is 0 Å². The molecule has 1 saturated heterocycles. The van der Waals surface area contributed by atoms with Crippen molar-refractivity contribution in [1.29, 1.82) is 0 Å². The molecule has 6 heteroatoms. The Morgan fingerprint density at radius 3 is 2.43 bits per heavy atom. The lowest BCUT2D eigenvalue weighted by Gasteiger charge is -2.35. The van der Waals surface area contributed by atoms with Crippen molar-refractivity contribution in [3.63, 3.8) is 0 Å². The fourth-order valence-corrected chi connectivity index (χ4v) is 2.58. The lowest BCUT2D eigenvalue weighted by molar-refractivity contribution is 0.166. The maximum absolute atomic E-state index is 9.67. The molecule has 0 amide bonds. The van der Waals surface area contributed by atoms with Crippen LogP contribution in [0.2, 0.25) is 0 Å². The summed E-state index contributed by atoms with van der Waals surface area (Å²) in [5, 5.41) is 22.4. The van der Waals surface area contributed by atoms with E-state index in [4.69, 9.17) is 0 Å². The van der Waals surface area contributed by atoms with Gasteiger partial charge in [0, 0.05) is 32.2 Å². The van der Waals surface area contributed by atoms with Crippen LogP contribution in [0.15, 0.2) is 30.9 Å². The SMILES string of the molecule is C=CCC[C@@H](c1ccc(O)c(O)c1)N1CCNCC1.Cl.Cl. The van der Waals surface area contributed by atoms with E-state index in [2.05, 4.69) is 16.8 Å². The molecule has 120 valence electrons. The smallest absolute Gasteiger partial charge is 0.157 e. The van der Waals surface area contributed by atoms with E-state index in [1.165, 1.54) is 0 Å². The highest BCUT2D eigenvalue weighted by molar-refractivity contribution is 5.85. The van der Waals surface area contributed by atoms with Gasteiger partial charge in [-0.05, 0) is 30.5 Å². The van der Waals surface area contributed by atoms with Crippen molar-refractivity contribution >= 4 is 24.8 Å². The van der Waals surface area contributed by atoms with E-state index < -0.39 is 0 Å². The molecule has 0 aromatic heterocycles. The number of piperazine rings is 1. The zero-order valence-electron chi connectivity index (χ0n) is 12.0. The Bertz CT molecular complexity index is 438. The van der Waals surface area contributed by atoms with Gasteiger partial charge in [-0.1, -0.05) is 12.1 Å². The van der Waals surface area contributed by atoms with Gasteiger partial charge >= 0.3 is 0 Å². The van der Waals surface area contributed by atoms with Crippen LogP contribution in [-0.2, 0) is 0 Å². The molecule has 1 aliphatic rings. The van der Waals surface area contributed by atoms with Crippen LogP contribution in [0.25, 0.3) is 0 Å². The summed E-state index contributed by atoms with van der Waals surface area (Å²) < 4.78 is 0. The van der Waals surface area contributed by atoms with Crippen molar-refractivity contribution in [2.45, 2.75) is 18.9 Å². The van der Waals surface area contributed by atoms with E-state index in [1.807, 2.05) is 12.1 Å². The van der Waals surface area contributed by atoms with Crippen LogP contribution in [0.4, 0.5) is 0 Å². The molecule has 1 aromatic carbocycles. The molecule has 1 heterocycles. The lowest BCUT2D eigenvalue weighted by Crippen LogP contribution is -2.45. The maximum atomic E-state index is 9.67. The van der Waals surface area contributed by atoms with Crippen LogP contribution in [0.3, 0.4) is 0 Å². The van der Waals surface area contributed by atoms with Gasteiger partial charge in [-0.3, -0.25) is 4.90 Å². The van der Waals surface area contributed by atoms with E-state index in [9.17, 15) is 10.2 Å². The first-order chi connectivity index (χ1) is 9.22. The molecule has 0 bridgehead atoms. The Morgan fingerprint density at radius 2 is 1.86 bits per heavy atom. The average molecular weight is 335 g/mol. The average Bonchev–Trinajstić information content (AvgIpc) is 2.44. The van der Waals surface area contributed by atoms with Crippen molar-refractivity contribution in [1.82, 2.24) is 10.2 Å². The normalized spacial score (nSPS) is 16.4. The molecule has 1 atom stereocenters. The van der Waals surface area contributed by atoms with Gasteiger partial charge in [0.25, 0.3) is 0 Å². The first-order valence-corrected chi connectivity index (χ1v) is 6.80. The van der Waals surface area contributed by atoms with Gasteiger partial charge in [0.1, 0.15) is 0 Å². The predicted molar refractivity (Wildman–Crippen MR) is 90.9 cm³/mol. The maximum Gasteiger partial charge on any atom is 0.157 e. The Balaban J connectivity index is 0.00000200. The molecule has 4 nitrogen and oxygen atoms in total. The molecule has 0 unspecified atom stereocenters. The summed E-state index contributed by atoms with van der Waals surface area (Å²) in [6.07, 6.45) is 3.85.